The molecular formula is C52H81NO12. The molecule has 0 aromatic heterocycles. The number of allylic oxidation sites excluding steroid dienone is 6. The zero-order chi connectivity index (χ0) is 48.2. The van der Waals surface area contributed by atoms with E-state index in [0.717, 1.165) is 24.8 Å². The van der Waals surface area contributed by atoms with Crippen LogP contribution in [0.2, 0.25) is 0 Å². The highest BCUT2D eigenvalue weighted by Crippen LogP contribution is 2.38. The van der Waals surface area contributed by atoms with Crippen LogP contribution in [0.5, 0.6) is 0 Å². The van der Waals surface area contributed by atoms with E-state index in [0.29, 0.717) is 56.4 Å². The van der Waals surface area contributed by atoms with Gasteiger partial charge in [0, 0.05) is 58.5 Å². The fourth-order valence-corrected chi connectivity index (χ4v) is 10.4. The van der Waals surface area contributed by atoms with Crippen LogP contribution in [0, 0.1) is 41.4 Å². The van der Waals surface area contributed by atoms with E-state index in [1.165, 1.54) is 12.0 Å². The van der Waals surface area contributed by atoms with E-state index in [2.05, 4.69) is 6.92 Å². The van der Waals surface area contributed by atoms with Gasteiger partial charge in [-0.1, -0.05) is 78.0 Å². The van der Waals surface area contributed by atoms with Crippen molar-refractivity contribution in [1.29, 1.82) is 0 Å². The quantitative estimate of drug-likeness (QED) is 0.153. The highest BCUT2D eigenvalue weighted by Gasteiger charge is 2.53. The molecule has 4 aliphatic rings. The molecule has 13 nitrogen and oxygen atoms in total. The lowest BCUT2D eigenvalue weighted by molar-refractivity contribution is -0.265. The van der Waals surface area contributed by atoms with Crippen molar-refractivity contribution in [3.63, 3.8) is 0 Å². The number of methoxy groups -OCH3 is 3. The normalized spacial score (nSPS) is 40.4. The minimum Gasteiger partial charge on any atom is -0.460 e. The molecule has 2 N–H and O–H groups in total. The number of fused-ring (bicyclic) bond motifs is 3. The maximum Gasteiger partial charge on any atom is 0.329 e. The van der Waals surface area contributed by atoms with Crippen molar-refractivity contribution in [2.45, 2.75) is 181 Å². The lowest BCUT2D eigenvalue weighted by Crippen LogP contribution is -2.61. The largest absolute Gasteiger partial charge is 0.460 e. The Bertz CT molecular complexity index is 1750. The molecule has 0 aromatic rings. The van der Waals surface area contributed by atoms with E-state index in [1.807, 2.05) is 58.1 Å². The lowest BCUT2D eigenvalue weighted by atomic mass is 9.76. The van der Waals surface area contributed by atoms with E-state index in [4.69, 9.17) is 23.7 Å². The van der Waals surface area contributed by atoms with Crippen LogP contribution in [0.3, 0.4) is 0 Å². The average Bonchev–Trinajstić information content (AvgIpc) is 3.28. The molecule has 0 radical (unpaired) electrons. The Hall–Kier alpha value is -3.33. The van der Waals surface area contributed by atoms with Crippen molar-refractivity contribution in [2.24, 2.45) is 41.4 Å². The smallest absolute Gasteiger partial charge is 0.329 e. The van der Waals surface area contributed by atoms with Gasteiger partial charge in [0.15, 0.2) is 5.78 Å². The van der Waals surface area contributed by atoms with Gasteiger partial charge in [0.1, 0.15) is 30.1 Å². The monoisotopic (exact) mass is 912 g/mol. The van der Waals surface area contributed by atoms with Crippen molar-refractivity contribution < 1.29 is 57.9 Å². The molecule has 1 amide bonds. The number of amides is 1. The van der Waals surface area contributed by atoms with Crippen molar-refractivity contribution in [3.8, 4) is 0 Å². The Morgan fingerprint density at radius 2 is 1.57 bits per heavy atom. The zero-order valence-electron chi connectivity index (χ0n) is 41.2. The Morgan fingerprint density at radius 1 is 0.846 bits per heavy atom. The summed E-state index contributed by atoms with van der Waals surface area (Å²) in [6, 6.07) is -1.11. The third-order valence-electron chi connectivity index (χ3n) is 14.8. The first kappa shape index (κ1) is 54.3. The van der Waals surface area contributed by atoms with E-state index >= 15 is 0 Å². The first-order chi connectivity index (χ1) is 30.7. The second-order valence-electron chi connectivity index (χ2n) is 20.0. The Labute approximate surface area is 388 Å². The molecule has 15 atom stereocenters. The molecule has 13 heteroatoms. The van der Waals surface area contributed by atoms with E-state index in [1.54, 1.807) is 41.1 Å². The van der Waals surface area contributed by atoms with Gasteiger partial charge < -0.3 is 38.8 Å². The number of aliphatic hydroxyl groups is 2. The van der Waals surface area contributed by atoms with Gasteiger partial charge in [0.25, 0.3) is 11.7 Å². The SMILES string of the molecule is CO[C@H]1C[C@@H]2CC[C@@H](C)[C@@](O)(O2)C(=O)C(=O)N2CCCC[C@H]2C(=O)O[C@H]([C@H](C)CC2CC[C@@H](C)[C@H](OC)C2)CC(=O)[C@H](C)/C=C(\C)[C@@H](O)[C@@H](OC)C(=O)[C@H](C)C[C@H](C)/C=C/C=C/C=C/1C. The number of esters is 1. The summed E-state index contributed by atoms with van der Waals surface area (Å²) in [5.74, 6) is -7.07. The summed E-state index contributed by atoms with van der Waals surface area (Å²) in [6.07, 6.45) is 13.6. The predicted octanol–water partition coefficient (Wildman–Crippen LogP) is 7.46. The van der Waals surface area contributed by atoms with Gasteiger partial charge in [-0.2, -0.15) is 0 Å². The number of ketones is 3. The number of ether oxygens (including phenoxy) is 5. The standard InChI is InChI=1S/C52H81NO12/c1-31-17-13-12-14-18-32(2)44(62-10)29-40-23-21-38(8)52(60,65-40)49(57)50(58)53-24-16-15-19-41(53)51(59)64-45(35(5)27-39-22-20-33(3)43(28-39)61-9)30-42(54)34(4)26-37(7)47(56)48(63-11)46(55)36(6)25-31/h12-14,17-18,26,31,33-36,38-41,43-45,47-48,56,60H,15-16,19-25,27-30H2,1-11H3/b14-12+,17-13+,32-18+,37-26+/t31-,33-,34-,35-,36-,38-,39?,40+,41+,43-,44+,45+,47-,48+,52-/m1/s1. The Morgan fingerprint density at radius 3 is 2.25 bits per heavy atom. The van der Waals surface area contributed by atoms with Crippen molar-refractivity contribution in [2.75, 3.05) is 27.9 Å². The molecule has 65 heavy (non-hydrogen) atoms. The number of cyclic esters (lactones) is 1. The molecule has 3 aliphatic heterocycles. The van der Waals surface area contributed by atoms with E-state index in [9.17, 15) is 34.2 Å². The van der Waals surface area contributed by atoms with Crippen molar-refractivity contribution in [1.82, 2.24) is 4.90 Å². The second-order valence-corrected chi connectivity index (χ2v) is 20.0. The highest BCUT2D eigenvalue weighted by atomic mass is 16.6. The van der Waals surface area contributed by atoms with Gasteiger partial charge in [0.2, 0.25) is 5.79 Å². The van der Waals surface area contributed by atoms with Crippen LogP contribution in [0.1, 0.15) is 132 Å². The number of rotatable bonds is 6. The molecule has 1 aliphatic carbocycles. The van der Waals surface area contributed by atoms with Gasteiger partial charge in [-0.25, -0.2) is 4.79 Å². The summed E-state index contributed by atoms with van der Waals surface area (Å²) in [5.41, 5.74) is 1.30. The van der Waals surface area contributed by atoms with E-state index in [-0.39, 0.29) is 54.8 Å². The minimum atomic E-state index is -2.41. The summed E-state index contributed by atoms with van der Waals surface area (Å²) in [7, 11) is 4.70. The average molecular weight is 912 g/mol. The number of piperidine rings is 1. The van der Waals surface area contributed by atoms with Gasteiger partial charge in [-0.05, 0) is 113 Å². The number of carbonyl (C=O) groups is 5. The molecule has 366 valence electrons. The number of Topliss-reactive ketones (excluding diaryl/α,β-unsaturated/α-hetero) is 3. The summed E-state index contributed by atoms with van der Waals surface area (Å²) in [6.45, 7) is 15.1. The van der Waals surface area contributed by atoms with Crippen LogP contribution in [0.25, 0.3) is 0 Å². The molecular weight excluding hydrogens is 831 g/mol. The maximum absolute atomic E-state index is 14.4. The first-order valence-electron chi connectivity index (χ1n) is 24.2. The number of nitrogens with zero attached hydrogens (tertiary/aromatic N) is 1. The minimum absolute atomic E-state index is 0.0304. The van der Waals surface area contributed by atoms with Crippen LogP contribution < -0.4 is 0 Å². The number of aliphatic hydroxyl groups excluding tert-OH is 1. The van der Waals surface area contributed by atoms with Crippen LogP contribution in [-0.2, 0) is 47.7 Å². The van der Waals surface area contributed by atoms with Gasteiger partial charge >= 0.3 is 5.97 Å². The molecule has 1 unspecified atom stereocenters. The van der Waals surface area contributed by atoms with Gasteiger partial charge in [-0.15, -0.1) is 0 Å². The summed E-state index contributed by atoms with van der Waals surface area (Å²) < 4.78 is 29.7. The Balaban J connectivity index is 1.70. The van der Waals surface area contributed by atoms with Gasteiger partial charge in [-0.3, -0.25) is 19.2 Å². The fourth-order valence-electron chi connectivity index (χ4n) is 10.4. The predicted molar refractivity (Wildman–Crippen MR) is 248 cm³/mol. The molecule has 2 bridgehead atoms. The molecule has 0 aromatic carbocycles. The second kappa shape index (κ2) is 25.2. The molecule has 2 saturated heterocycles. The third kappa shape index (κ3) is 14.3. The number of hydrogen-bond donors (Lipinski definition) is 2. The first-order valence-corrected chi connectivity index (χ1v) is 24.2. The molecule has 1 saturated carbocycles. The number of hydrogen-bond acceptors (Lipinski definition) is 12. The Kier molecular flexibility index (Phi) is 21.0. The van der Waals surface area contributed by atoms with Crippen LogP contribution in [0.15, 0.2) is 47.6 Å². The van der Waals surface area contributed by atoms with Crippen LogP contribution >= 0.6 is 0 Å². The van der Waals surface area contributed by atoms with Crippen LogP contribution in [-0.4, -0.2) is 121 Å². The zero-order valence-corrected chi connectivity index (χ0v) is 41.2. The summed E-state index contributed by atoms with van der Waals surface area (Å²) in [4.78, 5) is 71.9. The van der Waals surface area contributed by atoms with Gasteiger partial charge in [0.05, 0.1) is 18.3 Å². The van der Waals surface area contributed by atoms with Crippen LogP contribution in [0.4, 0.5) is 0 Å². The molecule has 3 fully saturated rings. The topological polar surface area (TPSA) is 175 Å². The molecule has 4 rings (SSSR count). The molecule has 0 spiro atoms. The van der Waals surface area contributed by atoms with Crippen molar-refractivity contribution >= 4 is 29.2 Å². The lowest BCUT2D eigenvalue weighted by Gasteiger charge is -2.42. The van der Waals surface area contributed by atoms with Crippen molar-refractivity contribution in [3.05, 3.63) is 47.6 Å². The fraction of sp³-hybridized carbons (Fsp3) is 0.750. The number of carbonyl (C=O) groups excluding carboxylic acids is 5. The maximum atomic E-state index is 14.4. The summed E-state index contributed by atoms with van der Waals surface area (Å²) >= 11 is 0. The molecule has 3 heterocycles. The third-order valence-corrected chi connectivity index (χ3v) is 14.8. The summed E-state index contributed by atoms with van der Waals surface area (Å²) in [5, 5.41) is 23.4. The van der Waals surface area contributed by atoms with E-state index < -0.39 is 77.8 Å². The highest BCUT2D eigenvalue weighted by molar-refractivity contribution is 6.39.